The minimum Gasteiger partial charge on any atom is -0.399 e. The topological polar surface area (TPSA) is 82.5 Å². The Kier molecular flexibility index (Phi) is 2.90. The lowest BCUT2D eigenvalue weighted by molar-refractivity contribution is 0.816. The number of rotatable bonds is 2. The third-order valence-electron chi connectivity index (χ3n) is 2.90. The summed E-state index contributed by atoms with van der Waals surface area (Å²) in [5, 5.41) is 4.44. The third-order valence-corrected chi connectivity index (χ3v) is 2.90. The Labute approximate surface area is 116 Å². The zero-order valence-electron chi connectivity index (χ0n) is 11.3. The first-order valence-corrected chi connectivity index (χ1v) is 6.21. The van der Waals surface area contributed by atoms with E-state index in [0.29, 0.717) is 17.3 Å². The summed E-state index contributed by atoms with van der Waals surface area (Å²) in [7, 11) is 0. The summed E-state index contributed by atoms with van der Waals surface area (Å²) in [6, 6.07) is 7.47. The zero-order valence-corrected chi connectivity index (χ0v) is 11.3. The molecular weight excluding hydrogens is 252 g/mol. The molecule has 0 radical (unpaired) electrons. The van der Waals surface area contributed by atoms with E-state index in [9.17, 15) is 0 Å². The largest absolute Gasteiger partial charge is 0.399 e. The summed E-state index contributed by atoms with van der Waals surface area (Å²) >= 11 is 0. The second kappa shape index (κ2) is 4.73. The second-order valence-electron chi connectivity index (χ2n) is 4.56. The number of aryl methyl sites for hydroxylation is 2. The van der Waals surface area contributed by atoms with Crippen LogP contribution in [0, 0.1) is 13.8 Å². The molecule has 0 fully saturated rings. The monoisotopic (exact) mass is 266 g/mol. The average Bonchev–Trinajstić information content (AvgIpc) is 2.91. The Bertz CT molecular complexity index is 762. The smallest absolute Gasteiger partial charge is 0.181 e. The summed E-state index contributed by atoms with van der Waals surface area (Å²) in [4.78, 5) is 13.0. The predicted molar refractivity (Wildman–Crippen MR) is 76.3 cm³/mol. The lowest BCUT2D eigenvalue weighted by Crippen LogP contribution is -2.04. The van der Waals surface area contributed by atoms with Gasteiger partial charge >= 0.3 is 0 Å². The maximum atomic E-state index is 5.77. The van der Waals surface area contributed by atoms with Crippen molar-refractivity contribution >= 4 is 5.69 Å². The van der Waals surface area contributed by atoms with E-state index in [1.807, 2.05) is 38.1 Å². The Morgan fingerprint density at radius 1 is 1.15 bits per heavy atom. The molecule has 100 valence electrons. The van der Waals surface area contributed by atoms with Crippen LogP contribution in [-0.4, -0.2) is 24.7 Å². The Balaban J connectivity index is 2.04. The van der Waals surface area contributed by atoms with E-state index in [2.05, 4.69) is 20.1 Å². The summed E-state index contributed by atoms with van der Waals surface area (Å²) in [5.74, 6) is 1.30. The minimum atomic E-state index is 0.611. The van der Waals surface area contributed by atoms with Crippen molar-refractivity contribution in [3.63, 3.8) is 0 Å². The lowest BCUT2D eigenvalue weighted by Gasteiger charge is -2.03. The van der Waals surface area contributed by atoms with Crippen LogP contribution in [0.3, 0.4) is 0 Å². The molecule has 0 amide bonds. The number of benzene rings is 1. The van der Waals surface area contributed by atoms with Gasteiger partial charge in [-0.25, -0.2) is 14.6 Å². The molecule has 2 N–H and O–H groups in total. The fourth-order valence-corrected chi connectivity index (χ4v) is 1.92. The summed E-state index contributed by atoms with van der Waals surface area (Å²) in [6.45, 7) is 3.79. The Hall–Kier alpha value is -2.76. The number of nitrogen functional groups attached to an aromatic ring is 1. The van der Waals surface area contributed by atoms with E-state index < -0.39 is 0 Å². The molecule has 20 heavy (non-hydrogen) atoms. The SMILES string of the molecule is Cc1cnc(C)c(-n2cnc(-c3cccc(N)c3)n2)n1. The van der Waals surface area contributed by atoms with Crippen molar-refractivity contribution in [2.75, 3.05) is 5.73 Å². The molecule has 2 heterocycles. The fraction of sp³-hybridized carbons (Fsp3) is 0.143. The van der Waals surface area contributed by atoms with Gasteiger partial charge in [-0.15, -0.1) is 5.10 Å². The van der Waals surface area contributed by atoms with Crippen LogP contribution in [0.2, 0.25) is 0 Å². The molecule has 0 atom stereocenters. The van der Waals surface area contributed by atoms with Gasteiger partial charge < -0.3 is 5.73 Å². The predicted octanol–water partition coefficient (Wildman–Crippen LogP) is 1.92. The van der Waals surface area contributed by atoms with E-state index in [-0.39, 0.29) is 0 Å². The molecular formula is C14H14N6. The molecule has 6 nitrogen and oxygen atoms in total. The molecule has 0 bridgehead atoms. The van der Waals surface area contributed by atoms with Crippen molar-refractivity contribution in [2.24, 2.45) is 0 Å². The van der Waals surface area contributed by atoms with E-state index in [4.69, 9.17) is 5.73 Å². The minimum absolute atomic E-state index is 0.611. The maximum absolute atomic E-state index is 5.77. The van der Waals surface area contributed by atoms with Crippen LogP contribution in [0.5, 0.6) is 0 Å². The highest BCUT2D eigenvalue weighted by Crippen LogP contribution is 2.18. The molecule has 0 aliphatic heterocycles. The fourth-order valence-electron chi connectivity index (χ4n) is 1.92. The van der Waals surface area contributed by atoms with Crippen LogP contribution in [0.25, 0.3) is 17.2 Å². The molecule has 0 saturated carbocycles. The number of anilines is 1. The van der Waals surface area contributed by atoms with E-state index in [0.717, 1.165) is 17.0 Å². The quantitative estimate of drug-likeness (QED) is 0.716. The van der Waals surface area contributed by atoms with Crippen LogP contribution in [0.15, 0.2) is 36.8 Å². The van der Waals surface area contributed by atoms with Crippen LogP contribution in [-0.2, 0) is 0 Å². The standard InChI is InChI=1S/C14H14N6/c1-9-7-16-10(2)14(18-9)20-8-17-13(19-20)11-4-3-5-12(15)6-11/h3-8H,15H2,1-2H3. The zero-order chi connectivity index (χ0) is 14.1. The number of nitrogens with two attached hydrogens (primary N) is 1. The molecule has 3 rings (SSSR count). The highest BCUT2D eigenvalue weighted by Gasteiger charge is 2.09. The highest BCUT2D eigenvalue weighted by molar-refractivity contribution is 5.60. The molecule has 2 aromatic heterocycles. The molecule has 0 spiro atoms. The van der Waals surface area contributed by atoms with Gasteiger partial charge in [-0.05, 0) is 26.0 Å². The van der Waals surface area contributed by atoms with Gasteiger partial charge in [0.15, 0.2) is 11.6 Å². The normalized spacial score (nSPS) is 10.7. The van der Waals surface area contributed by atoms with Gasteiger partial charge in [-0.1, -0.05) is 12.1 Å². The van der Waals surface area contributed by atoms with E-state index in [1.165, 1.54) is 0 Å². The second-order valence-corrected chi connectivity index (χ2v) is 4.56. The third kappa shape index (κ3) is 2.23. The summed E-state index contributed by atoms with van der Waals surface area (Å²) in [6.07, 6.45) is 3.36. The van der Waals surface area contributed by atoms with Gasteiger partial charge in [0.05, 0.1) is 11.4 Å². The van der Waals surface area contributed by atoms with E-state index >= 15 is 0 Å². The molecule has 0 unspecified atom stereocenters. The Morgan fingerprint density at radius 3 is 2.80 bits per heavy atom. The van der Waals surface area contributed by atoms with Gasteiger partial charge in [-0.3, -0.25) is 4.98 Å². The van der Waals surface area contributed by atoms with Gasteiger partial charge in [0.2, 0.25) is 0 Å². The van der Waals surface area contributed by atoms with Crippen molar-refractivity contribution in [3.8, 4) is 17.2 Å². The summed E-state index contributed by atoms with van der Waals surface area (Å²) < 4.78 is 1.63. The number of hydrogen-bond donors (Lipinski definition) is 1. The summed E-state index contributed by atoms with van der Waals surface area (Å²) in [5.41, 5.74) is 8.98. The van der Waals surface area contributed by atoms with Gasteiger partial charge in [0.25, 0.3) is 0 Å². The first-order chi connectivity index (χ1) is 9.63. The van der Waals surface area contributed by atoms with Crippen molar-refractivity contribution < 1.29 is 0 Å². The van der Waals surface area contributed by atoms with Gasteiger partial charge in [-0.2, -0.15) is 0 Å². The number of nitrogens with zero attached hydrogens (tertiary/aromatic N) is 5. The lowest BCUT2D eigenvalue weighted by atomic mass is 10.2. The van der Waals surface area contributed by atoms with Gasteiger partial charge in [0.1, 0.15) is 6.33 Å². The van der Waals surface area contributed by atoms with Crippen LogP contribution in [0.1, 0.15) is 11.4 Å². The highest BCUT2D eigenvalue weighted by atomic mass is 15.4. The number of hydrogen-bond acceptors (Lipinski definition) is 5. The molecule has 1 aromatic carbocycles. The van der Waals surface area contributed by atoms with Gasteiger partial charge in [0, 0.05) is 17.4 Å². The molecule has 3 aromatic rings. The average molecular weight is 266 g/mol. The first kappa shape index (κ1) is 12.3. The maximum Gasteiger partial charge on any atom is 0.181 e. The van der Waals surface area contributed by atoms with E-state index in [1.54, 1.807) is 17.2 Å². The first-order valence-electron chi connectivity index (χ1n) is 6.21. The molecule has 6 heteroatoms. The molecule has 0 aliphatic rings. The van der Waals surface area contributed by atoms with Crippen LogP contribution >= 0.6 is 0 Å². The van der Waals surface area contributed by atoms with Crippen molar-refractivity contribution in [1.29, 1.82) is 0 Å². The van der Waals surface area contributed by atoms with Crippen molar-refractivity contribution in [1.82, 2.24) is 24.7 Å². The van der Waals surface area contributed by atoms with Crippen molar-refractivity contribution in [3.05, 3.63) is 48.2 Å². The van der Waals surface area contributed by atoms with Crippen molar-refractivity contribution in [2.45, 2.75) is 13.8 Å². The van der Waals surface area contributed by atoms with Crippen LogP contribution in [0.4, 0.5) is 5.69 Å². The van der Waals surface area contributed by atoms with Crippen LogP contribution < -0.4 is 5.73 Å². The molecule has 0 aliphatic carbocycles. The number of aromatic nitrogens is 5. The Morgan fingerprint density at radius 2 is 2.00 bits per heavy atom. The molecule has 0 saturated heterocycles.